The first-order chi connectivity index (χ1) is 15.9. The number of aromatic nitrogens is 1. The van der Waals surface area contributed by atoms with E-state index >= 15 is 0 Å². The molecule has 4 rings (SSSR count). The van der Waals surface area contributed by atoms with Gasteiger partial charge in [-0.15, -0.1) is 0 Å². The van der Waals surface area contributed by atoms with Crippen molar-refractivity contribution in [2.45, 2.75) is 18.4 Å². The summed E-state index contributed by atoms with van der Waals surface area (Å²) in [7, 11) is 0. The normalized spacial score (nSPS) is 13.0. The number of hydrogen-bond acceptors (Lipinski definition) is 7. The lowest BCUT2D eigenvalue weighted by molar-refractivity contribution is -0.146. The Morgan fingerprint density at radius 1 is 1.06 bits per heavy atom. The second-order valence-electron chi connectivity index (χ2n) is 7.38. The van der Waals surface area contributed by atoms with E-state index in [2.05, 4.69) is 27.8 Å². The molecule has 4 N–H and O–H groups in total. The highest BCUT2D eigenvalue weighted by Crippen LogP contribution is 2.44. The highest BCUT2D eigenvalue weighted by molar-refractivity contribution is 7.17. The molecule has 0 aliphatic heterocycles. The average molecular weight is 468 g/mol. The summed E-state index contributed by atoms with van der Waals surface area (Å²) in [6, 6.07) is 16.1. The highest BCUT2D eigenvalue weighted by Gasteiger charge is 2.29. The van der Waals surface area contributed by atoms with Crippen molar-refractivity contribution in [1.29, 1.82) is 0 Å². The van der Waals surface area contributed by atoms with E-state index < -0.39 is 24.1 Å². The van der Waals surface area contributed by atoms with Gasteiger partial charge in [0.15, 0.2) is 11.2 Å². The van der Waals surface area contributed by atoms with E-state index in [1.54, 1.807) is 0 Å². The Balaban J connectivity index is 1.31. The van der Waals surface area contributed by atoms with Gasteiger partial charge in [-0.3, -0.25) is 10.1 Å². The van der Waals surface area contributed by atoms with E-state index in [4.69, 9.17) is 9.84 Å². The number of rotatable bonds is 8. The molecule has 0 fully saturated rings. The predicted octanol–water partition coefficient (Wildman–Crippen LogP) is 3.07. The summed E-state index contributed by atoms with van der Waals surface area (Å²) in [4.78, 5) is 39.3. The number of fused-ring (bicyclic) bond motifs is 3. The number of carboxylic acids is 1. The zero-order chi connectivity index (χ0) is 23.4. The molecule has 1 heterocycles. The van der Waals surface area contributed by atoms with Crippen molar-refractivity contribution in [3.8, 4) is 11.1 Å². The number of thiazole rings is 1. The maximum Gasteiger partial charge on any atom is 0.413 e. The van der Waals surface area contributed by atoms with Crippen LogP contribution >= 0.6 is 11.3 Å². The number of aliphatic hydroxyl groups is 1. The lowest BCUT2D eigenvalue weighted by atomic mass is 9.98. The molecule has 9 nitrogen and oxygen atoms in total. The molecule has 33 heavy (non-hydrogen) atoms. The minimum atomic E-state index is -1.54. The molecular weight excluding hydrogens is 446 g/mol. The number of carbonyl (C=O) groups excluding carboxylic acids is 2. The molecule has 1 unspecified atom stereocenters. The van der Waals surface area contributed by atoms with E-state index in [1.165, 1.54) is 6.20 Å². The molecular formula is C23H21N3O6S. The Bertz CT molecular complexity index is 1150. The van der Waals surface area contributed by atoms with Crippen molar-refractivity contribution in [2.75, 3.05) is 18.5 Å². The average Bonchev–Trinajstić information content (AvgIpc) is 3.40. The van der Waals surface area contributed by atoms with Crippen LogP contribution in [0.2, 0.25) is 0 Å². The molecule has 1 aliphatic carbocycles. The third-order valence-electron chi connectivity index (χ3n) is 5.27. The molecule has 0 saturated carbocycles. The summed E-state index contributed by atoms with van der Waals surface area (Å²) in [6.45, 7) is 0.143. The Labute approximate surface area is 193 Å². The third-order valence-corrected chi connectivity index (χ3v) is 6.18. The maximum atomic E-state index is 12.3. The SMILES string of the molecule is O=C(Nc1ncc(C(=O)NCCC(O)C(=O)O)s1)OCC1c2ccccc2-c2ccccc21. The number of carboxylic acid groups (broad SMARTS) is 1. The van der Waals surface area contributed by atoms with Gasteiger partial charge in [-0.1, -0.05) is 59.9 Å². The van der Waals surface area contributed by atoms with Gasteiger partial charge in [0.05, 0.1) is 6.20 Å². The number of benzene rings is 2. The van der Waals surface area contributed by atoms with Crippen LogP contribution in [0, 0.1) is 0 Å². The summed E-state index contributed by atoms with van der Waals surface area (Å²) in [5.41, 5.74) is 4.47. The van der Waals surface area contributed by atoms with Crippen molar-refractivity contribution < 1.29 is 29.3 Å². The summed E-state index contributed by atoms with van der Waals surface area (Å²) < 4.78 is 5.46. The van der Waals surface area contributed by atoms with E-state index in [0.717, 1.165) is 33.6 Å². The van der Waals surface area contributed by atoms with Crippen molar-refractivity contribution in [2.24, 2.45) is 0 Å². The molecule has 0 radical (unpaired) electrons. The maximum absolute atomic E-state index is 12.3. The fourth-order valence-electron chi connectivity index (χ4n) is 3.69. The Morgan fingerprint density at radius 3 is 2.33 bits per heavy atom. The highest BCUT2D eigenvalue weighted by atomic mass is 32.1. The Kier molecular flexibility index (Phi) is 6.66. The summed E-state index contributed by atoms with van der Waals surface area (Å²) in [5, 5.41) is 23.1. The first kappa shape index (κ1) is 22.4. The van der Waals surface area contributed by atoms with E-state index in [9.17, 15) is 19.5 Å². The molecule has 3 aromatic rings. The van der Waals surface area contributed by atoms with Crippen molar-refractivity contribution in [3.05, 3.63) is 70.7 Å². The number of nitrogens with zero attached hydrogens (tertiary/aromatic N) is 1. The van der Waals surface area contributed by atoms with Crippen LogP contribution in [0.1, 0.15) is 33.1 Å². The molecule has 2 amide bonds. The van der Waals surface area contributed by atoms with Gasteiger partial charge in [-0.25, -0.2) is 14.6 Å². The fourth-order valence-corrected chi connectivity index (χ4v) is 4.41. The van der Waals surface area contributed by atoms with Crippen LogP contribution in [0.5, 0.6) is 0 Å². The van der Waals surface area contributed by atoms with E-state index in [-0.39, 0.29) is 35.5 Å². The third kappa shape index (κ3) is 5.02. The topological polar surface area (TPSA) is 138 Å². The van der Waals surface area contributed by atoms with Crippen LogP contribution in [0.25, 0.3) is 11.1 Å². The van der Waals surface area contributed by atoms with Crippen LogP contribution in [0.4, 0.5) is 9.93 Å². The quantitative estimate of drug-likeness (QED) is 0.399. The number of ether oxygens (including phenoxy) is 1. The van der Waals surface area contributed by atoms with Gasteiger partial charge in [0.2, 0.25) is 0 Å². The zero-order valence-corrected chi connectivity index (χ0v) is 18.2. The number of nitrogens with one attached hydrogen (secondary N) is 2. The van der Waals surface area contributed by atoms with Crippen LogP contribution in [-0.2, 0) is 9.53 Å². The number of aliphatic carboxylic acids is 1. The van der Waals surface area contributed by atoms with Crippen molar-refractivity contribution in [1.82, 2.24) is 10.3 Å². The largest absolute Gasteiger partial charge is 0.479 e. The van der Waals surface area contributed by atoms with Crippen molar-refractivity contribution >= 4 is 34.4 Å². The van der Waals surface area contributed by atoms with Gasteiger partial charge in [-0.05, 0) is 22.3 Å². The summed E-state index contributed by atoms with van der Waals surface area (Å²) >= 11 is 0.956. The second kappa shape index (κ2) is 9.80. The number of aliphatic hydroxyl groups excluding tert-OH is 1. The molecule has 10 heteroatoms. The van der Waals surface area contributed by atoms with Crippen molar-refractivity contribution in [3.63, 3.8) is 0 Å². The van der Waals surface area contributed by atoms with Crippen LogP contribution in [0.15, 0.2) is 54.7 Å². The first-order valence-electron chi connectivity index (χ1n) is 10.2. The van der Waals surface area contributed by atoms with Gasteiger partial charge in [0.1, 0.15) is 11.5 Å². The number of hydrogen-bond donors (Lipinski definition) is 4. The van der Waals surface area contributed by atoms with Gasteiger partial charge >= 0.3 is 12.1 Å². The lowest BCUT2D eigenvalue weighted by Crippen LogP contribution is -2.29. The smallest absolute Gasteiger partial charge is 0.413 e. The minimum absolute atomic E-state index is 0.0145. The summed E-state index contributed by atoms with van der Waals surface area (Å²) in [6.07, 6.45) is -1.04. The van der Waals surface area contributed by atoms with Gasteiger partial charge < -0.3 is 20.3 Å². The standard InChI is InChI=1S/C23H21N3O6S/c27-18(21(29)30)9-10-24-20(28)19-11-25-22(33-19)26-23(31)32-12-17-15-7-3-1-5-13(15)14-6-2-4-8-16(14)17/h1-8,11,17-18,27H,9-10,12H2,(H,24,28)(H,29,30)(H,25,26,31). The first-order valence-corrected chi connectivity index (χ1v) is 11.0. The van der Waals surface area contributed by atoms with Crippen LogP contribution in [0.3, 0.4) is 0 Å². The fraction of sp³-hybridized carbons (Fsp3) is 0.217. The van der Waals surface area contributed by atoms with Gasteiger partial charge in [-0.2, -0.15) is 0 Å². The minimum Gasteiger partial charge on any atom is -0.479 e. The molecule has 1 atom stereocenters. The monoisotopic (exact) mass is 467 g/mol. The van der Waals surface area contributed by atoms with Gasteiger partial charge in [0.25, 0.3) is 5.91 Å². The zero-order valence-electron chi connectivity index (χ0n) is 17.4. The molecule has 1 aromatic heterocycles. The van der Waals surface area contributed by atoms with Crippen LogP contribution in [-0.4, -0.2) is 52.4 Å². The molecule has 0 saturated heterocycles. The van der Waals surface area contributed by atoms with Crippen LogP contribution < -0.4 is 10.6 Å². The Morgan fingerprint density at radius 2 is 1.70 bits per heavy atom. The molecule has 170 valence electrons. The molecule has 0 spiro atoms. The molecule has 0 bridgehead atoms. The number of amides is 2. The van der Waals surface area contributed by atoms with E-state index in [0.29, 0.717) is 0 Å². The predicted molar refractivity (Wildman–Crippen MR) is 121 cm³/mol. The number of carbonyl (C=O) groups is 3. The van der Waals surface area contributed by atoms with Gasteiger partial charge in [0, 0.05) is 18.9 Å². The van der Waals surface area contributed by atoms with E-state index in [1.807, 2.05) is 36.4 Å². The second-order valence-corrected chi connectivity index (χ2v) is 8.41. The Hall–Kier alpha value is -3.76. The number of anilines is 1. The molecule has 1 aliphatic rings. The molecule has 2 aromatic carbocycles. The lowest BCUT2D eigenvalue weighted by Gasteiger charge is -2.14. The summed E-state index contributed by atoms with van der Waals surface area (Å²) in [5.74, 6) is -1.90.